The molecule has 170 valence electrons. The van der Waals surface area contributed by atoms with Gasteiger partial charge in [-0.05, 0) is 40.5 Å². The smallest absolute Gasteiger partial charge is 0.408 e. The van der Waals surface area contributed by atoms with E-state index in [4.69, 9.17) is 9.15 Å². The third-order valence-corrected chi connectivity index (χ3v) is 6.42. The Balaban J connectivity index is 1.37. The SMILES string of the molecule is O=C(NC(C(=O)O)c1coc2ccc(Br)cc2c1=O)OCC1c2ccccc2-c2ccccc21. The van der Waals surface area contributed by atoms with Crippen molar-refractivity contribution in [2.45, 2.75) is 12.0 Å². The highest BCUT2D eigenvalue weighted by molar-refractivity contribution is 9.10. The van der Waals surface area contributed by atoms with E-state index >= 15 is 0 Å². The molecule has 0 bridgehead atoms. The molecule has 0 saturated heterocycles. The lowest BCUT2D eigenvalue weighted by Gasteiger charge is -2.17. The van der Waals surface area contributed by atoms with Crippen LogP contribution in [0.4, 0.5) is 4.79 Å². The first-order valence-electron chi connectivity index (χ1n) is 10.5. The highest BCUT2D eigenvalue weighted by Gasteiger charge is 2.31. The van der Waals surface area contributed by atoms with Gasteiger partial charge in [0.2, 0.25) is 0 Å². The average molecular weight is 520 g/mol. The molecule has 34 heavy (non-hydrogen) atoms. The number of alkyl carbamates (subject to hydrolysis) is 1. The van der Waals surface area contributed by atoms with Gasteiger partial charge in [-0.25, -0.2) is 9.59 Å². The lowest BCUT2D eigenvalue weighted by molar-refractivity contribution is -0.139. The third-order valence-electron chi connectivity index (χ3n) is 5.93. The minimum Gasteiger partial charge on any atom is -0.479 e. The molecule has 1 atom stereocenters. The maximum Gasteiger partial charge on any atom is 0.408 e. The van der Waals surface area contributed by atoms with Crippen molar-refractivity contribution in [3.05, 3.63) is 104 Å². The van der Waals surface area contributed by atoms with Crippen molar-refractivity contribution in [2.24, 2.45) is 0 Å². The minimum absolute atomic E-state index is 0.0193. The third kappa shape index (κ3) is 3.86. The molecule has 0 fully saturated rings. The Morgan fingerprint density at radius 1 is 1.03 bits per heavy atom. The molecular formula is C26H18BrNO6. The molecule has 3 aromatic carbocycles. The summed E-state index contributed by atoms with van der Waals surface area (Å²) < 4.78 is 11.5. The van der Waals surface area contributed by atoms with Crippen LogP contribution in [0.3, 0.4) is 0 Å². The molecule has 0 aliphatic heterocycles. The first-order chi connectivity index (χ1) is 16.4. The van der Waals surface area contributed by atoms with Crippen molar-refractivity contribution in [3.8, 4) is 11.1 Å². The van der Waals surface area contributed by atoms with Crippen LogP contribution in [-0.2, 0) is 9.53 Å². The summed E-state index contributed by atoms with van der Waals surface area (Å²) in [6, 6.07) is 19.0. The summed E-state index contributed by atoms with van der Waals surface area (Å²) >= 11 is 3.29. The molecule has 5 rings (SSSR count). The van der Waals surface area contributed by atoms with Gasteiger partial charge in [0.1, 0.15) is 18.5 Å². The van der Waals surface area contributed by atoms with Crippen LogP contribution in [-0.4, -0.2) is 23.8 Å². The molecular weight excluding hydrogens is 502 g/mol. The number of hydrogen-bond acceptors (Lipinski definition) is 5. The van der Waals surface area contributed by atoms with Crippen LogP contribution in [0.25, 0.3) is 22.1 Å². The lowest BCUT2D eigenvalue weighted by atomic mass is 9.98. The fourth-order valence-corrected chi connectivity index (χ4v) is 4.71. The van der Waals surface area contributed by atoms with Crippen molar-refractivity contribution in [1.82, 2.24) is 5.32 Å². The molecule has 0 spiro atoms. The van der Waals surface area contributed by atoms with E-state index in [1.165, 1.54) is 6.07 Å². The van der Waals surface area contributed by atoms with Crippen LogP contribution in [0.15, 0.2) is 86.7 Å². The van der Waals surface area contributed by atoms with E-state index in [1.54, 1.807) is 12.1 Å². The van der Waals surface area contributed by atoms with Gasteiger partial charge in [0.05, 0.1) is 10.9 Å². The number of carboxylic acids is 1. The Kier molecular flexibility index (Phi) is 5.67. The Hall–Kier alpha value is -3.91. The first kappa shape index (κ1) is 21.9. The Bertz CT molecular complexity index is 1450. The zero-order chi connectivity index (χ0) is 23.8. The number of carbonyl (C=O) groups excluding carboxylic acids is 1. The molecule has 8 heteroatoms. The van der Waals surface area contributed by atoms with E-state index in [9.17, 15) is 19.5 Å². The van der Waals surface area contributed by atoms with Crippen molar-refractivity contribution >= 4 is 39.0 Å². The number of amides is 1. The summed E-state index contributed by atoms with van der Waals surface area (Å²) in [5, 5.41) is 12.2. The van der Waals surface area contributed by atoms with Gasteiger partial charge >= 0.3 is 12.1 Å². The van der Waals surface area contributed by atoms with Crippen LogP contribution >= 0.6 is 15.9 Å². The van der Waals surface area contributed by atoms with Crippen LogP contribution < -0.4 is 10.7 Å². The lowest BCUT2D eigenvalue weighted by Crippen LogP contribution is -2.37. The predicted octanol–water partition coefficient (Wildman–Crippen LogP) is 5.22. The maximum absolute atomic E-state index is 12.9. The second-order valence-corrected chi connectivity index (χ2v) is 8.82. The number of ether oxygens (including phenoxy) is 1. The van der Waals surface area contributed by atoms with Crippen LogP contribution in [0.2, 0.25) is 0 Å². The monoisotopic (exact) mass is 519 g/mol. The van der Waals surface area contributed by atoms with E-state index in [1.807, 2.05) is 48.5 Å². The van der Waals surface area contributed by atoms with E-state index in [2.05, 4.69) is 21.2 Å². The van der Waals surface area contributed by atoms with E-state index < -0.39 is 23.5 Å². The van der Waals surface area contributed by atoms with Gasteiger partial charge in [0.25, 0.3) is 0 Å². The summed E-state index contributed by atoms with van der Waals surface area (Å²) in [5.41, 5.74) is 3.78. The summed E-state index contributed by atoms with van der Waals surface area (Å²) in [6.07, 6.45) is 0.115. The second-order valence-electron chi connectivity index (χ2n) is 7.90. The molecule has 1 aromatic heterocycles. The summed E-state index contributed by atoms with van der Waals surface area (Å²) in [4.78, 5) is 37.4. The van der Waals surface area contributed by atoms with E-state index in [0.29, 0.717) is 10.1 Å². The first-order valence-corrected chi connectivity index (χ1v) is 11.3. The fourth-order valence-electron chi connectivity index (χ4n) is 4.35. The number of hydrogen-bond donors (Lipinski definition) is 2. The molecule has 7 nitrogen and oxygen atoms in total. The number of halogens is 1. The molecule has 1 aliphatic carbocycles. The van der Waals surface area contributed by atoms with Crippen LogP contribution in [0, 0.1) is 0 Å². The van der Waals surface area contributed by atoms with Gasteiger partial charge in [-0.2, -0.15) is 0 Å². The summed E-state index contributed by atoms with van der Waals surface area (Å²) in [6.45, 7) is 0.0193. The van der Waals surface area contributed by atoms with Crippen molar-refractivity contribution < 1.29 is 23.8 Å². The number of carboxylic acid groups (broad SMARTS) is 1. The van der Waals surface area contributed by atoms with E-state index in [-0.39, 0.29) is 23.5 Å². The quantitative estimate of drug-likeness (QED) is 0.374. The van der Waals surface area contributed by atoms with Gasteiger partial charge in [-0.3, -0.25) is 4.79 Å². The maximum atomic E-state index is 12.9. The second kappa shape index (κ2) is 8.79. The molecule has 2 N–H and O–H groups in total. The number of nitrogens with one attached hydrogen (secondary N) is 1. The summed E-state index contributed by atoms with van der Waals surface area (Å²) in [5.74, 6) is -1.58. The fraction of sp³-hybridized carbons (Fsp3) is 0.115. The molecule has 1 amide bonds. The standard InChI is InChI=1S/C26H18BrNO6/c27-14-9-10-22-19(11-14)24(29)21(13-33-22)23(25(30)31)28-26(32)34-12-20-17-7-3-1-5-15(17)16-6-2-4-8-18(16)20/h1-11,13,20,23H,12H2,(H,28,32)(H,30,31). The largest absolute Gasteiger partial charge is 0.479 e. The van der Waals surface area contributed by atoms with Gasteiger partial charge in [-0.1, -0.05) is 64.5 Å². The number of fused-ring (bicyclic) bond motifs is 4. The molecule has 0 saturated carbocycles. The number of benzene rings is 3. The molecule has 1 unspecified atom stereocenters. The summed E-state index contributed by atoms with van der Waals surface area (Å²) in [7, 11) is 0. The highest BCUT2D eigenvalue weighted by atomic mass is 79.9. The molecule has 4 aromatic rings. The van der Waals surface area contributed by atoms with Crippen LogP contribution in [0.5, 0.6) is 0 Å². The zero-order valence-electron chi connectivity index (χ0n) is 17.7. The zero-order valence-corrected chi connectivity index (χ0v) is 19.2. The Labute approximate surface area is 202 Å². The highest BCUT2D eigenvalue weighted by Crippen LogP contribution is 2.44. The predicted molar refractivity (Wildman–Crippen MR) is 129 cm³/mol. The minimum atomic E-state index is -1.63. The Morgan fingerprint density at radius 2 is 1.68 bits per heavy atom. The molecule has 0 radical (unpaired) electrons. The van der Waals surface area contributed by atoms with Crippen molar-refractivity contribution in [2.75, 3.05) is 6.61 Å². The van der Waals surface area contributed by atoms with Gasteiger partial charge in [0, 0.05) is 10.4 Å². The van der Waals surface area contributed by atoms with Crippen molar-refractivity contribution in [1.29, 1.82) is 0 Å². The Morgan fingerprint density at radius 3 is 2.32 bits per heavy atom. The van der Waals surface area contributed by atoms with Crippen molar-refractivity contribution in [3.63, 3.8) is 0 Å². The van der Waals surface area contributed by atoms with E-state index in [0.717, 1.165) is 28.5 Å². The number of rotatable bonds is 5. The average Bonchev–Trinajstić information content (AvgIpc) is 3.16. The van der Waals surface area contributed by atoms with Gasteiger partial charge in [-0.15, -0.1) is 0 Å². The molecule has 1 aliphatic rings. The number of carbonyl (C=O) groups is 2. The number of aliphatic carboxylic acids is 1. The van der Waals surface area contributed by atoms with Crippen LogP contribution in [0.1, 0.15) is 28.7 Å². The topological polar surface area (TPSA) is 106 Å². The normalized spacial score (nSPS) is 13.2. The van der Waals surface area contributed by atoms with Gasteiger partial charge in [0.15, 0.2) is 11.5 Å². The van der Waals surface area contributed by atoms with Gasteiger partial charge < -0.3 is 19.6 Å². The molecule has 1 heterocycles.